The van der Waals surface area contributed by atoms with Crippen LogP contribution in [0.15, 0.2) is 60.7 Å². The summed E-state index contributed by atoms with van der Waals surface area (Å²) in [5.41, 5.74) is 2.20. The molecule has 0 radical (unpaired) electrons. The highest BCUT2D eigenvalue weighted by atomic mass is 16.6. The summed E-state index contributed by atoms with van der Waals surface area (Å²) in [6.07, 6.45) is 1.18. The van der Waals surface area contributed by atoms with Crippen LogP contribution in [0.1, 0.15) is 11.1 Å². The molecule has 6 heteroatoms. The first-order valence-corrected chi connectivity index (χ1v) is 8.08. The molecule has 0 bridgehead atoms. The molecule has 0 fully saturated rings. The topological polar surface area (TPSA) is 84.9 Å². The summed E-state index contributed by atoms with van der Waals surface area (Å²) in [7, 11) is 1.18. The van der Waals surface area contributed by atoms with Crippen LogP contribution in [0.3, 0.4) is 0 Å². The van der Waals surface area contributed by atoms with E-state index in [0.29, 0.717) is 11.3 Å². The maximum atomic E-state index is 12.5. The monoisotopic (exact) mass is 353 g/mol. The molecule has 0 aromatic heterocycles. The Morgan fingerprint density at radius 3 is 2.42 bits per heavy atom. The molecule has 0 spiro atoms. The predicted octanol–water partition coefficient (Wildman–Crippen LogP) is 2.28. The van der Waals surface area contributed by atoms with Gasteiger partial charge in [0.1, 0.15) is 5.76 Å². The highest BCUT2D eigenvalue weighted by molar-refractivity contribution is 6.07. The molecule has 2 aromatic carbocycles. The molecule has 6 nitrogen and oxygen atoms in total. The van der Waals surface area contributed by atoms with Crippen LogP contribution < -0.4 is 5.32 Å². The largest absolute Gasteiger partial charge is 0.467 e. The number of anilines is 1. The van der Waals surface area contributed by atoms with E-state index in [1.807, 2.05) is 25.1 Å². The fraction of sp³-hybridized carbons (Fsp3) is 0.200. The molecule has 0 saturated carbocycles. The summed E-state index contributed by atoms with van der Waals surface area (Å²) in [4.78, 5) is 24.8. The number of ether oxygens (including phenoxy) is 2. The van der Waals surface area contributed by atoms with Crippen LogP contribution in [-0.4, -0.2) is 35.8 Å². The third-order valence-electron chi connectivity index (χ3n) is 4.13. The van der Waals surface area contributed by atoms with Crippen molar-refractivity contribution in [2.75, 3.05) is 12.4 Å². The summed E-state index contributed by atoms with van der Waals surface area (Å²) in [6, 6.07) is 14.6. The van der Waals surface area contributed by atoms with Crippen molar-refractivity contribution >= 4 is 23.2 Å². The summed E-state index contributed by atoms with van der Waals surface area (Å²) >= 11 is 0. The first-order valence-electron chi connectivity index (χ1n) is 8.08. The Bertz CT molecular complexity index is 844. The van der Waals surface area contributed by atoms with E-state index in [9.17, 15) is 14.7 Å². The van der Waals surface area contributed by atoms with Gasteiger partial charge in [-0.05, 0) is 19.1 Å². The number of rotatable bonds is 5. The number of aryl methyl sites for hydroxylation is 1. The molecule has 1 heterocycles. The van der Waals surface area contributed by atoms with Crippen molar-refractivity contribution in [1.29, 1.82) is 0 Å². The molecule has 2 atom stereocenters. The Morgan fingerprint density at radius 2 is 1.81 bits per heavy atom. The van der Waals surface area contributed by atoms with Gasteiger partial charge in [-0.2, -0.15) is 0 Å². The lowest BCUT2D eigenvalue weighted by atomic mass is 10.0. The number of hydrogen-bond donors (Lipinski definition) is 2. The fourth-order valence-electron chi connectivity index (χ4n) is 2.67. The third-order valence-corrected chi connectivity index (χ3v) is 4.13. The average Bonchev–Trinajstić information content (AvgIpc) is 2.97. The lowest BCUT2D eigenvalue weighted by Crippen LogP contribution is -2.56. The molecular weight excluding hydrogens is 334 g/mol. The third kappa shape index (κ3) is 3.32. The van der Waals surface area contributed by atoms with Crippen molar-refractivity contribution < 1.29 is 24.2 Å². The Kier molecular flexibility index (Phi) is 4.77. The van der Waals surface area contributed by atoms with Gasteiger partial charge >= 0.3 is 11.8 Å². The van der Waals surface area contributed by atoms with Crippen LogP contribution in [0, 0.1) is 6.92 Å². The first kappa shape index (κ1) is 17.7. The molecule has 0 unspecified atom stereocenters. The molecule has 0 saturated heterocycles. The molecule has 3 rings (SSSR count). The molecule has 0 aliphatic carbocycles. The Hall–Kier alpha value is -3.12. The Labute approximate surface area is 151 Å². The minimum absolute atomic E-state index is 0.192. The minimum atomic E-state index is -2.40. The van der Waals surface area contributed by atoms with Gasteiger partial charge < -0.3 is 19.9 Å². The van der Waals surface area contributed by atoms with Crippen LogP contribution in [0.4, 0.5) is 5.69 Å². The number of aliphatic hydroxyl groups is 1. The van der Waals surface area contributed by atoms with Gasteiger partial charge in [0.05, 0.1) is 7.11 Å². The molecule has 26 heavy (non-hydrogen) atoms. The van der Waals surface area contributed by atoms with Gasteiger partial charge in [0.2, 0.25) is 5.78 Å². The number of nitrogens with one attached hydrogen (secondary N) is 1. The zero-order valence-electron chi connectivity index (χ0n) is 14.4. The average molecular weight is 353 g/mol. The molecule has 134 valence electrons. The van der Waals surface area contributed by atoms with Crippen LogP contribution in [0.25, 0.3) is 5.76 Å². The van der Waals surface area contributed by atoms with E-state index in [0.717, 1.165) is 5.56 Å². The van der Waals surface area contributed by atoms with Gasteiger partial charge in [0.25, 0.3) is 0 Å². The first-order chi connectivity index (χ1) is 12.4. The zero-order chi connectivity index (χ0) is 18.7. The number of ketones is 1. The highest BCUT2D eigenvalue weighted by Gasteiger charge is 2.54. The van der Waals surface area contributed by atoms with Crippen molar-refractivity contribution in [2.45, 2.75) is 18.8 Å². The number of carbonyl (C=O) groups is 2. The fourth-order valence-corrected chi connectivity index (χ4v) is 2.67. The lowest BCUT2D eigenvalue weighted by Gasteiger charge is -2.30. The van der Waals surface area contributed by atoms with E-state index < -0.39 is 23.6 Å². The number of esters is 1. The van der Waals surface area contributed by atoms with E-state index in [1.165, 1.54) is 13.2 Å². The molecule has 1 aliphatic rings. The van der Waals surface area contributed by atoms with E-state index in [4.69, 9.17) is 9.47 Å². The van der Waals surface area contributed by atoms with Gasteiger partial charge in [-0.3, -0.25) is 4.79 Å². The van der Waals surface area contributed by atoms with Gasteiger partial charge in [0, 0.05) is 17.3 Å². The van der Waals surface area contributed by atoms with Crippen molar-refractivity contribution in [2.24, 2.45) is 0 Å². The Morgan fingerprint density at radius 1 is 1.15 bits per heavy atom. The smallest absolute Gasteiger partial charge is 0.335 e. The summed E-state index contributed by atoms with van der Waals surface area (Å²) < 4.78 is 10.3. The van der Waals surface area contributed by atoms with Crippen LogP contribution in [0.2, 0.25) is 0 Å². The van der Waals surface area contributed by atoms with Gasteiger partial charge in [-0.25, -0.2) is 4.79 Å². The zero-order valence-corrected chi connectivity index (χ0v) is 14.4. The van der Waals surface area contributed by atoms with E-state index in [-0.39, 0.29) is 5.76 Å². The van der Waals surface area contributed by atoms with Crippen LogP contribution in [-0.2, 0) is 19.1 Å². The van der Waals surface area contributed by atoms with Gasteiger partial charge in [-0.1, -0.05) is 48.0 Å². The Balaban J connectivity index is 1.90. The van der Waals surface area contributed by atoms with Crippen LogP contribution in [0.5, 0.6) is 0 Å². The van der Waals surface area contributed by atoms with E-state index in [1.54, 1.807) is 36.4 Å². The molecule has 2 aromatic rings. The number of hydrogen-bond acceptors (Lipinski definition) is 6. The van der Waals surface area contributed by atoms with Gasteiger partial charge in [0.15, 0.2) is 6.04 Å². The quantitative estimate of drug-likeness (QED) is 0.802. The van der Waals surface area contributed by atoms with Crippen molar-refractivity contribution in [3.8, 4) is 0 Å². The number of carbonyl (C=O) groups excluding carboxylic acids is 2. The summed E-state index contributed by atoms with van der Waals surface area (Å²) in [5.74, 6) is -3.75. The number of methoxy groups -OCH3 is 1. The van der Waals surface area contributed by atoms with Crippen molar-refractivity contribution in [1.82, 2.24) is 0 Å². The SMILES string of the molecule is COC(=O)[C@H](Nc1ccc(C)cc1)[C@]1(O)OC(c2ccccc2)=CC1=O. The maximum Gasteiger partial charge on any atom is 0.335 e. The molecule has 1 aliphatic heterocycles. The number of benzene rings is 2. The minimum Gasteiger partial charge on any atom is -0.467 e. The van der Waals surface area contributed by atoms with Crippen LogP contribution >= 0.6 is 0 Å². The second-order valence-corrected chi connectivity index (χ2v) is 6.00. The standard InChI is InChI=1S/C20H19NO5/c1-13-8-10-15(11-9-13)21-18(19(23)25-2)20(24)17(22)12-16(26-20)14-6-4-3-5-7-14/h3-12,18,21,24H,1-2H3/t18-,20+/m0/s1. The molecule has 0 amide bonds. The second-order valence-electron chi connectivity index (χ2n) is 6.00. The van der Waals surface area contributed by atoms with Crippen molar-refractivity contribution in [3.63, 3.8) is 0 Å². The molecular formula is C20H19NO5. The molecule has 2 N–H and O–H groups in total. The van der Waals surface area contributed by atoms with E-state index >= 15 is 0 Å². The maximum absolute atomic E-state index is 12.5. The highest BCUT2D eigenvalue weighted by Crippen LogP contribution is 2.33. The predicted molar refractivity (Wildman–Crippen MR) is 96.1 cm³/mol. The van der Waals surface area contributed by atoms with E-state index in [2.05, 4.69) is 5.32 Å². The summed E-state index contributed by atoms with van der Waals surface area (Å²) in [5, 5.41) is 13.7. The lowest BCUT2D eigenvalue weighted by molar-refractivity contribution is -0.185. The van der Waals surface area contributed by atoms with Gasteiger partial charge in [-0.15, -0.1) is 0 Å². The summed E-state index contributed by atoms with van der Waals surface area (Å²) in [6.45, 7) is 1.93. The van der Waals surface area contributed by atoms with Crippen molar-refractivity contribution in [3.05, 3.63) is 71.8 Å². The normalized spacial score (nSPS) is 20.1. The second kappa shape index (κ2) is 7.01.